The zero-order chi connectivity index (χ0) is 22.0. The Morgan fingerprint density at radius 1 is 1.35 bits per heavy atom. The summed E-state index contributed by atoms with van der Waals surface area (Å²) < 4.78 is 7.84. The molecule has 1 atom stereocenters. The van der Waals surface area contributed by atoms with Gasteiger partial charge in [0.15, 0.2) is 0 Å². The summed E-state index contributed by atoms with van der Waals surface area (Å²) in [6, 6.07) is 8.47. The number of fused-ring (bicyclic) bond motifs is 1. The summed E-state index contributed by atoms with van der Waals surface area (Å²) in [6.07, 6.45) is 4.66. The predicted octanol–water partition coefficient (Wildman–Crippen LogP) is 5.04. The lowest BCUT2D eigenvalue weighted by molar-refractivity contribution is -0.127. The van der Waals surface area contributed by atoms with Gasteiger partial charge in [-0.1, -0.05) is 12.1 Å². The second-order valence-corrected chi connectivity index (χ2v) is 10.6. The van der Waals surface area contributed by atoms with E-state index in [2.05, 4.69) is 42.9 Å². The minimum atomic E-state index is -0.0498. The Morgan fingerprint density at radius 3 is 2.84 bits per heavy atom. The normalized spacial score (nSPS) is 20.4. The number of benzene rings is 1. The first-order valence-electron chi connectivity index (χ1n) is 11.6. The lowest BCUT2D eigenvalue weighted by Crippen LogP contribution is -2.51. The molecule has 1 unspecified atom stereocenters. The first kappa shape index (κ1) is 22.3. The van der Waals surface area contributed by atoms with Crippen LogP contribution in [0, 0.1) is 5.92 Å². The van der Waals surface area contributed by atoms with Crippen molar-refractivity contribution in [1.82, 2.24) is 15.1 Å². The maximum Gasteiger partial charge on any atom is 0.223 e. The van der Waals surface area contributed by atoms with Crippen LogP contribution < -0.4 is 10.1 Å². The molecule has 1 amide bonds. The Balaban J connectivity index is 1.59. The van der Waals surface area contributed by atoms with Crippen molar-refractivity contribution in [3.05, 3.63) is 35.5 Å². The standard InChI is InChI=1S/C25H35N3O2S/c1-5-30-20-8-6-7-18(15-20)23-21-10-9-19(16-22(21)28(27-23)17(2)3)24(29)26-25(4)11-13-31-14-12-25/h6-8,15,17,19H,5,9-14,16H2,1-4H3,(H,26,29). The Morgan fingerprint density at radius 2 is 2.13 bits per heavy atom. The third-order valence-corrected chi connectivity index (χ3v) is 7.59. The SMILES string of the molecule is CCOc1cccc(-c2nn(C(C)C)c3c2CCC(C(=O)NC2(C)CCSCC2)C3)c1. The average Bonchev–Trinajstić information content (AvgIpc) is 3.13. The number of hydrogen-bond donors (Lipinski definition) is 1. The zero-order valence-electron chi connectivity index (χ0n) is 19.2. The minimum absolute atomic E-state index is 0.0238. The quantitative estimate of drug-likeness (QED) is 0.683. The van der Waals surface area contributed by atoms with Gasteiger partial charge in [0.1, 0.15) is 5.75 Å². The number of carbonyl (C=O) groups is 1. The molecule has 0 spiro atoms. The summed E-state index contributed by atoms with van der Waals surface area (Å²) in [5.41, 5.74) is 4.61. The second-order valence-electron chi connectivity index (χ2n) is 9.38. The summed E-state index contributed by atoms with van der Waals surface area (Å²) in [6.45, 7) is 9.19. The molecule has 2 aliphatic rings. The summed E-state index contributed by atoms with van der Waals surface area (Å²) in [4.78, 5) is 13.2. The molecule has 31 heavy (non-hydrogen) atoms. The van der Waals surface area contributed by atoms with Crippen LogP contribution in [0.25, 0.3) is 11.3 Å². The number of rotatable bonds is 6. The fourth-order valence-electron chi connectivity index (χ4n) is 4.77. The van der Waals surface area contributed by atoms with Gasteiger partial charge in [-0.25, -0.2) is 0 Å². The van der Waals surface area contributed by atoms with Crippen molar-refractivity contribution in [3.63, 3.8) is 0 Å². The molecule has 0 radical (unpaired) electrons. The van der Waals surface area contributed by atoms with Gasteiger partial charge in [0.2, 0.25) is 5.91 Å². The van der Waals surface area contributed by atoms with Crippen LogP contribution in [0.1, 0.15) is 64.3 Å². The molecule has 0 saturated carbocycles. The molecule has 1 fully saturated rings. The van der Waals surface area contributed by atoms with Gasteiger partial charge in [-0.15, -0.1) is 0 Å². The summed E-state index contributed by atoms with van der Waals surface area (Å²) in [7, 11) is 0. The maximum atomic E-state index is 13.2. The van der Waals surface area contributed by atoms with E-state index in [4.69, 9.17) is 9.84 Å². The van der Waals surface area contributed by atoms with Crippen molar-refractivity contribution in [2.24, 2.45) is 5.92 Å². The summed E-state index contributed by atoms with van der Waals surface area (Å²) in [5, 5.41) is 8.42. The van der Waals surface area contributed by atoms with Gasteiger partial charge in [-0.3, -0.25) is 9.48 Å². The van der Waals surface area contributed by atoms with Gasteiger partial charge in [-0.05, 0) is 77.0 Å². The van der Waals surface area contributed by atoms with E-state index in [9.17, 15) is 4.79 Å². The van der Waals surface area contributed by atoms with Crippen LogP contribution in [0.4, 0.5) is 0 Å². The van der Waals surface area contributed by atoms with E-state index in [0.717, 1.165) is 60.6 Å². The van der Waals surface area contributed by atoms with Crippen molar-refractivity contribution < 1.29 is 9.53 Å². The topological polar surface area (TPSA) is 56.2 Å². The number of hydrogen-bond acceptors (Lipinski definition) is 4. The predicted molar refractivity (Wildman–Crippen MR) is 128 cm³/mol. The van der Waals surface area contributed by atoms with E-state index in [1.54, 1.807) is 0 Å². The molecule has 0 bridgehead atoms. The van der Waals surface area contributed by atoms with E-state index in [1.165, 1.54) is 11.3 Å². The van der Waals surface area contributed by atoms with E-state index >= 15 is 0 Å². The third-order valence-electron chi connectivity index (χ3n) is 6.60. The molecule has 1 aliphatic heterocycles. The van der Waals surface area contributed by atoms with Crippen molar-refractivity contribution in [2.45, 2.75) is 71.4 Å². The second kappa shape index (κ2) is 9.27. The van der Waals surface area contributed by atoms with Crippen LogP contribution >= 0.6 is 11.8 Å². The molecule has 1 aromatic heterocycles. The first-order valence-corrected chi connectivity index (χ1v) is 12.8. The van der Waals surface area contributed by atoms with Gasteiger partial charge < -0.3 is 10.1 Å². The van der Waals surface area contributed by atoms with E-state index in [0.29, 0.717) is 6.61 Å². The fourth-order valence-corrected chi connectivity index (χ4v) is 6.16. The molecular weight excluding hydrogens is 406 g/mol. The number of aromatic nitrogens is 2. The molecule has 1 N–H and O–H groups in total. The van der Waals surface area contributed by atoms with Gasteiger partial charge in [-0.2, -0.15) is 16.9 Å². The Hall–Kier alpha value is -1.95. The lowest BCUT2D eigenvalue weighted by atomic mass is 9.84. The number of ether oxygens (including phenoxy) is 1. The third kappa shape index (κ3) is 4.79. The van der Waals surface area contributed by atoms with Crippen molar-refractivity contribution in [3.8, 4) is 17.0 Å². The average molecular weight is 442 g/mol. The molecule has 1 aliphatic carbocycles. The largest absolute Gasteiger partial charge is 0.494 e. The van der Waals surface area contributed by atoms with Gasteiger partial charge in [0.05, 0.1) is 12.3 Å². The molecule has 5 nitrogen and oxygen atoms in total. The van der Waals surface area contributed by atoms with Crippen LogP contribution in [0.2, 0.25) is 0 Å². The Kier molecular flexibility index (Phi) is 6.65. The summed E-state index contributed by atoms with van der Waals surface area (Å²) in [5.74, 6) is 3.39. The Labute approximate surface area is 190 Å². The van der Waals surface area contributed by atoms with E-state index < -0.39 is 0 Å². The maximum absolute atomic E-state index is 13.2. The highest BCUT2D eigenvalue weighted by molar-refractivity contribution is 7.99. The van der Waals surface area contributed by atoms with Gasteiger partial charge in [0, 0.05) is 40.7 Å². The van der Waals surface area contributed by atoms with Crippen LogP contribution in [0.3, 0.4) is 0 Å². The molecule has 168 valence electrons. The van der Waals surface area contributed by atoms with Crippen LogP contribution in [0.15, 0.2) is 24.3 Å². The zero-order valence-corrected chi connectivity index (χ0v) is 20.1. The van der Waals surface area contributed by atoms with Gasteiger partial charge >= 0.3 is 0 Å². The van der Waals surface area contributed by atoms with Crippen LogP contribution in [0.5, 0.6) is 5.75 Å². The van der Waals surface area contributed by atoms with Gasteiger partial charge in [0.25, 0.3) is 0 Å². The van der Waals surface area contributed by atoms with E-state index in [1.807, 2.05) is 30.8 Å². The highest BCUT2D eigenvalue weighted by atomic mass is 32.2. The number of amides is 1. The molecule has 1 aromatic carbocycles. The molecule has 1 saturated heterocycles. The molecular formula is C25H35N3O2S. The van der Waals surface area contributed by atoms with E-state index in [-0.39, 0.29) is 23.4 Å². The number of carbonyl (C=O) groups excluding carboxylic acids is 1. The van der Waals surface area contributed by atoms with Crippen molar-refractivity contribution in [2.75, 3.05) is 18.1 Å². The van der Waals surface area contributed by atoms with Crippen molar-refractivity contribution in [1.29, 1.82) is 0 Å². The smallest absolute Gasteiger partial charge is 0.223 e. The van der Waals surface area contributed by atoms with Crippen molar-refractivity contribution >= 4 is 17.7 Å². The van der Waals surface area contributed by atoms with Crippen LogP contribution in [-0.4, -0.2) is 39.3 Å². The summed E-state index contributed by atoms with van der Waals surface area (Å²) >= 11 is 1.99. The lowest BCUT2D eigenvalue weighted by Gasteiger charge is -2.36. The monoisotopic (exact) mass is 441 g/mol. The highest BCUT2D eigenvalue weighted by Gasteiger charge is 2.35. The molecule has 2 heterocycles. The number of thioether (sulfide) groups is 1. The highest BCUT2D eigenvalue weighted by Crippen LogP contribution is 2.36. The fraction of sp³-hybridized carbons (Fsp3) is 0.600. The van der Waals surface area contributed by atoms with Crippen LogP contribution in [-0.2, 0) is 17.6 Å². The first-order chi connectivity index (χ1) is 14.9. The number of nitrogens with one attached hydrogen (secondary N) is 1. The molecule has 6 heteroatoms. The number of nitrogens with zero attached hydrogens (tertiary/aromatic N) is 2. The Bertz CT molecular complexity index is 931. The molecule has 2 aromatic rings. The minimum Gasteiger partial charge on any atom is -0.494 e. The molecule has 4 rings (SSSR count).